The SMILES string of the molecule is COc1ccc(C(=O)NC2=N[C@@H](c3ccc(Cl)cc3)CC(=O)N2)cc1OC. The van der Waals surface area contributed by atoms with Gasteiger partial charge in [-0.05, 0) is 35.9 Å². The minimum absolute atomic E-state index is 0.103. The van der Waals surface area contributed by atoms with Crippen LogP contribution in [0.2, 0.25) is 5.02 Å². The van der Waals surface area contributed by atoms with Crippen molar-refractivity contribution in [2.45, 2.75) is 12.5 Å². The van der Waals surface area contributed by atoms with Crippen LogP contribution in [0.25, 0.3) is 0 Å². The largest absolute Gasteiger partial charge is 0.493 e. The standard InChI is InChI=1S/C19H18ClN3O4/c1-26-15-8-5-12(9-16(15)27-2)18(25)23-19-21-14(10-17(24)22-19)11-3-6-13(20)7-4-11/h3-9,14H,10H2,1-2H3,(H2,21,22,23,24,25)/t14-/m1/s1. The summed E-state index contributed by atoms with van der Waals surface area (Å²) in [5.74, 6) is 0.393. The third-order valence-electron chi connectivity index (χ3n) is 4.05. The number of amides is 2. The highest BCUT2D eigenvalue weighted by atomic mass is 35.5. The number of ether oxygens (including phenoxy) is 2. The first kappa shape index (κ1) is 18.7. The molecule has 0 radical (unpaired) electrons. The molecular formula is C19H18ClN3O4. The highest BCUT2D eigenvalue weighted by Crippen LogP contribution is 2.28. The van der Waals surface area contributed by atoms with Crippen LogP contribution in [0, 0.1) is 0 Å². The van der Waals surface area contributed by atoms with E-state index in [1.807, 2.05) is 12.1 Å². The van der Waals surface area contributed by atoms with Crippen LogP contribution in [0.3, 0.4) is 0 Å². The molecule has 2 amide bonds. The van der Waals surface area contributed by atoms with Crippen molar-refractivity contribution < 1.29 is 19.1 Å². The normalized spacial score (nSPS) is 16.2. The second kappa shape index (κ2) is 8.09. The Morgan fingerprint density at radius 2 is 1.85 bits per heavy atom. The van der Waals surface area contributed by atoms with E-state index in [0.29, 0.717) is 22.1 Å². The number of benzene rings is 2. The average Bonchev–Trinajstić information content (AvgIpc) is 2.67. The van der Waals surface area contributed by atoms with Crippen molar-refractivity contribution in [2.24, 2.45) is 4.99 Å². The molecule has 0 spiro atoms. The van der Waals surface area contributed by atoms with Gasteiger partial charge in [-0.1, -0.05) is 23.7 Å². The molecule has 2 N–H and O–H groups in total. The number of rotatable bonds is 4. The summed E-state index contributed by atoms with van der Waals surface area (Å²) in [6.07, 6.45) is 0.192. The van der Waals surface area contributed by atoms with Crippen molar-refractivity contribution >= 4 is 29.4 Å². The minimum atomic E-state index is -0.424. The van der Waals surface area contributed by atoms with Crippen molar-refractivity contribution in [3.05, 3.63) is 58.6 Å². The molecule has 2 aromatic carbocycles. The van der Waals surface area contributed by atoms with Crippen LogP contribution in [-0.2, 0) is 4.79 Å². The third kappa shape index (κ3) is 4.38. The first-order valence-electron chi connectivity index (χ1n) is 8.16. The zero-order valence-corrected chi connectivity index (χ0v) is 15.5. The predicted molar refractivity (Wildman–Crippen MR) is 101 cm³/mol. The molecule has 140 valence electrons. The van der Waals surface area contributed by atoms with Gasteiger partial charge in [-0.15, -0.1) is 0 Å². The Balaban J connectivity index is 1.80. The van der Waals surface area contributed by atoms with Gasteiger partial charge in [-0.25, -0.2) is 4.99 Å². The number of nitrogens with one attached hydrogen (secondary N) is 2. The Hall–Kier alpha value is -3.06. The Kier molecular flexibility index (Phi) is 5.61. The third-order valence-corrected chi connectivity index (χ3v) is 4.31. The van der Waals surface area contributed by atoms with Crippen LogP contribution in [0.4, 0.5) is 0 Å². The maximum atomic E-state index is 12.5. The number of nitrogens with zero attached hydrogens (tertiary/aromatic N) is 1. The molecular weight excluding hydrogens is 370 g/mol. The van der Waals surface area contributed by atoms with E-state index >= 15 is 0 Å². The molecule has 1 aliphatic heterocycles. The van der Waals surface area contributed by atoms with Crippen LogP contribution in [0.5, 0.6) is 11.5 Å². The lowest BCUT2D eigenvalue weighted by Crippen LogP contribution is -2.47. The van der Waals surface area contributed by atoms with Gasteiger partial charge in [0.05, 0.1) is 26.7 Å². The number of halogens is 1. The Labute approximate surface area is 161 Å². The van der Waals surface area contributed by atoms with Crippen molar-refractivity contribution in [1.29, 1.82) is 0 Å². The number of carbonyl (C=O) groups excluding carboxylic acids is 2. The number of methoxy groups -OCH3 is 2. The lowest BCUT2D eigenvalue weighted by molar-refractivity contribution is -0.120. The molecule has 1 atom stereocenters. The number of aliphatic imine (C=N–C) groups is 1. The van der Waals surface area contributed by atoms with Gasteiger partial charge in [0.15, 0.2) is 11.5 Å². The average molecular weight is 388 g/mol. The molecule has 0 fully saturated rings. The number of hydrogen-bond acceptors (Lipinski definition) is 5. The van der Waals surface area contributed by atoms with Gasteiger partial charge < -0.3 is 9.47 Å². The van der Waals surface area contributed by atoms with Gasteiger partial charge >= 0.3 is 0 Å². The molecule has 0 bridgehead atoms. The van der Waals surface area contributed by atoms with E-state index in [1.54, 1.807) is 30.3 Å². The second-order valence-electron chi connectivity index (χ2n) is 5.82. The molecule has 3 rings (SSSR count). The van der Waals surface area contributed by atoms with E-state index in [-0.39, 0.29) is 18.3 Å². The van der Waals surface area contributed by atoms with Crippen molar-refractivity contribution in [1.82, 2.24) is 10.6 Å². The van der Waals surface area contributed by atoms with E-state index in [0.717, 1.165) is 5.56 Å². The van der Waals surface area contributed by atoms with Crippen LogP contribution in [0.1, 0.15) is 28.4 Å². The summed E-state index contributed by atoms with van der Waals surface area (Å²) in [5, 5.41) is 5.80. The molecule has 1 heterocycles. The number of carbonyl (C=O) groups is 2. The molecule has 7 nitrogen and oxygen atoms in total. The smallest absolute Gasteiger partial charge is 0.258 e. The Bertz CT molecular complexity index is 896. The van der Waals surface area contributed by atoms with Gasteiger partial charge in [0, 0.05) is 10.6 Å². The number of hydrogen-bond donors (Lipinski definition) is 2. The summed E-state index contributed by atoms with van der Waals surface area (Å²) in [5.41, 5.74) is 1.19. The Morgan fingerprint density at radius 3 is 2.52 bits per heavy atom. The lowest BCUT2D eigenvalue weighted by Gasteiger charge is -2.21. The summed E-state index contributed by atoms with van der Waals surface area (Å²) in [4.78, 5) is 29.0. The molecule has 0 aromatic heterocycles. The second-order valence-corrected chi connectivity index (χ2v) is 6.26. The maximum absolute atomic E-state index is 12.5. The summed E-state index contributed by atoms with van der Waals surface area (Å²) in [7, 11) is 3.00. The monoisotopic (exact) mass is 387 g/mol. The van der Waals surface area contributed by atoms with E-state index in [2.05, 4.69) is 15.6 Å². The predicted octanol–water partition coefficient (Wildman–Crippen LogP) is 2.70. The van der Waals surface area contributed by atoms with Crippen LogP contribution in [0.15, 0.2) is 47.5 Å². The fourth-order valence-electron chi connectivity index (χ4n) is 2.69. The van der Waals surface area contributed by atoms with Gasteiger partial charge in [0.1, 0.15) is 0 Å². The van der Waals surface area contributed by atoms with E-state index in [9.17, 15) is 9.59 Å². The summed E-state index contributed by atoms with van der Waals surface area (Å²) in [6, 6.07) is 11.5. The molecule has 0 aliphatic carbocycles. The van der Waals surface area contributed by atoms with Gasteiger partial charge in [0.2, 0.25) is 11.9 Å². The zero-order valence-electron chi connectivity index (χ0n) is 14.8. The molecule has 0 saturated heterocycles. The van der Waals surface area contributed by atoms with Crippen molar-refractivity contribution in [3.8, 4) is 11.5 Å². The number of guanidine groups is 1. The molecule has 27 heavy (non-hydrogen) atoms. The molecule has 0 unspecified atom stereocenters. The van der Waals surface area contributed by atoms with Crippen molar-refractivity contribution in [3.63, 3.8) is 0 Å². The topological polar surface area (TPSA) is 89.0 Å². The quantitative estimate of drug-likeness (QED) is 0.844. The lowest BCUT2D eigenvalue weighted by atomic mass is 10.0. The van der Waals surface area contributed by atoms with Crippen LogP contribution >= 0.6 is 11.6 Å². The Morgan fingerprint density at radius 1 is 1.15 bits per heavy atom. The van der Waals surface area contributed by atoms with E-state index in [4.69, 9.17) is 21.1 Å². The summed E-state index contributed by atoms with van der Waals surface area (Å²) < 4.78 is 10.4. The maximum Gasteiger partial charge on any atom is 0.258 e. The highest BCUT2D eigenvalue weighted by Gasteiger charge is 2.24. The van der Waals surface area contributed by atoms with Gasteiger partial charge in [-0.2, -0.15) is 0 Å². The minimum Gasteiger partial charge on any atom is -0.493 e. The molecule has 0 saturated carbocycles. The molecule has 2 aromatic rings. The zero-order chi connectivity index (χ0) is 19.4. The fraction of sp³-hybridized carbons (Fsp3) is 0.211. The first-order chi connectivity index (χ1) is 13.0. The van der Waals surface area contributed by atoms with E-state index in [1.165, 1.54) is 14.2 Å². The molecule has 8 heteroatoms. The summed E-state index contributed by atoms with van der Waals surface area (Å²) in [6.45, 7) is 0. The first-order valence-corrected chi connectivity index (χ1v) is 8.54. The van der Waals surface area contributed by atoms with Crippen LogP contribution < -0.4 is 20.1 Å². The van der Waals surface area contributed by atoms with Gasteiger partial charge in [0.25, 0.3) is 5.91 Å². The summed E-state index contributed by atoms with van der Waals surface area (Å²) >= 11 is 5.90. The van der Waals surface area contributed by atoms with Crippen LogP contribution in [-0.4, -0.2) is 32.0 Å². The highest BCUT2D eigenvalue weighted by molar-refractivity contribution is 6.30. The fourth-order valence-corrected chi connectivity index (χ4v) is 2.82. The van der Waals surface area contributed by atoms with Crippen molar-refractivity contribution in [2.75, 3.05) is 14.2 Å². The molecule has 1 aliphatic rings. The van der Waals surface area contributed by atoms with Gasteiger partial charge in [-0.3, -0.25) is 20.2 Å². The van der Waals surface area contributed by atoms with E-state index < -0.39 is 11.9 Å².